The van der Waals surface area contributed by atoms with Crippen LogP contribution in [0.4, 0.5) is 0 Å². The maximum absolute atomic E-state index is 10.8. The quantitative estimate of drug-likeness (QED) is 0.795. The van der Waals surface area contributed by atoms with Crippen LogP contribution in [-0.4, -0.2) is 30.1 Å². The summed E-state index contributed by atoms with van der Waals surface area (Å²) in [5.41, 5.74) is 2.39. The summed E-state index contributed by atoms with van der Waals surface area (Å²) in [6.07, 6.45) is 0. The Bertz CT molecular complexity index is 345. The average Bonchev–Trinajstić information content (AvgIpc) is 2.01. The molecule has 1 rings (SSSR count). The Morgan fingerprint density at radius 3 is 2.50 bits per heavy atom. The van der Waals surface area contributed by atoms with Crippen molar-refractivity contribution in [2.75, 3.05) is 14.1 Å². The first kappa shape index (κ1) is 10.7. The Morgan fingerprint density at radius 1 is 1.36 bits per heavy atom. The van der Waals surface area contributed by atoms with Gasteiger partial charge >= 0.3 is 5.97 Å². The van der Waals surface area contributed by atoms with E-state index in [4.69, 9.17) is 5.11 Å². The van der Waals surface area contributed by atoms with E-state index in [0.717, 1.165) is 17.7 Å². The van der Waals surface area contributed by atoms with E-state index >= 15 is 0 Å². The number of hydrogen-bond donors (Lipinski definition) is 1. The molecule has 0 saturated heterocycles. The van der Waals surface area contributed by atoms with Gasteiger partial charge in [-0.2, -0.15) is 0 Å². The van der Waals surface area contributed by atoms with Gasteiger partial charge in [0.15, 0.2) is 0 Å². The van der Waals surface area contributed by atoms with E-state index < -0.39 is 5.97 Å². The summed E-state index contributed by atoms with van der Waals surface area (Å²) in [7, 11) is 3.92. The zero-order chi connectivity index (χ0) is 10.7. The van der Waals surface area contributed by atoms with E-state index in [0.29, 0.717) is 5.56 Å². The van der Waals surface area contributed by atoms with Crippen molar-refractivity contribution in [2.45, 2.75) is 13.5 Å². The molecule has 1 aromatic rings. The molecule has 0 radical (unpaired) electrons. The monoisotopic (exact) mass is 193 g/mol. The lowest BCUT2D eigenvalue weighted by Gasteiger charge is -2.10. The lowest BCUT2D eigenvalue weighted by atomic mass is 10.1. The number of hydrogen-bond acceptors (Lipinski definition) is 2. The van der Waals surface area contributed by atoms with E-state index in [1.54, 1.807) is 12.1 Å². The number of carboxylic acid groups (broad SMARTS) is 1. The van der Waals surface area contributed by atoms with Gasteiger partial charge in [-0.1, -0.05) is 6.07 Å². The predicted molar refractivity (Wildman–Crippen MR) is 55.5 cm³/mol. The minimum atomic E-state index is -0.867. The first-order valence-corrected chi connectivity index (χ1v) is 4.47. The molecule has 0 unspecified atom stereocenters. The Hall–Kier alpha value is -1.35. The Labute approximate surface area is 84.0 Å². The minimum absolute atomic E-state index is 0.363. The molecule has 3 heteroatoms. The molecule has 14 heavy (non-hydrogen) atoms. The van der Waals surface area contributed by atoms with Gasteiger partial charge in [-0.05, 0) is 44.3 Å². The molecule has 0 aliphatic rings. The number of rotatable bonds is 3. The second-order valence-corrected chi connectivity index (χ2v) is 3.75. The summed E-state index contributed by atoms with van der Waals surface area (Å²) >= 11 is 0. The Morgan fingerprint density at radius 2 is 2.00 bits per heavy atom. The minimum Gasteiger partial charge on any atom is -0.478 e. The van der Waals surface area contributed by atoms with E-state index in [-0.39, 0.29) is 0 Å². The molecule has 0 aliphatic heterocycles. The number of aromatic carboxylic acids is 1. The van der Waals surface area contributed by atoms with Gasteiger partial charge in [0.1, 0.15) is 0 Å². The number of carboxylic acids is 1. The van der Waals surface area contributed by atoms with Crippen LogP contribution >= 0.6 is 0 Å². The first-order valence-electron chi connectivity index (χ1n) is 4.47. The fourth-order valence-electron chi connectivity index (χ4n) is 1.44. The highest BCUT2D eigenvalue weighted by molar-refractivity contribution is 5.88. The van der Waals surface area contributed by atoms with Gasteiger partial charge < -0.3 is 10.0 Å². The topological polar surface area (TPSA) is 40.5 Å². The van der Waals surface area contributed by atoms with Crippen LogP contribution in [0.25, 0.3) is 0 Å². The van der Waals surface area contributed by atoms with E-state index in [2.05, 4.69) is 0 Å². The van der Waals surface area contributed by atoms with Gasteiger partial charge in [0.2, 0.25) is 0 Å². The van der Waals surface area contributed by atoms with Crippen molar-refractivity contribution < 1.29 is 9.90 Å². The molecular formula is C11H15NO2. The van der Waals surface area contributed by atoms with Gasteiger partial charge in [0.05, 0.1) is 5.56 Å². The molecule has 0 spiro atoms. The van der Waals surface area contributed by atoms with Crippen molar-refractivity contribution in [1.29, 1.82) is 0 Å². The smallest absolute Gasteiger partial charge is 0.335 e. The summed E-state index contributed by atoms with van der Waals surface area (Å²) in [6, 6.07) is 5.41. The molecule has 0 atom stereocenters. The van der Waals surface area contributed by atoms with Crippen molar-refractivity contribution >= 4 is 5.97 Å². The maximum Gasteiger partial charge on any atom is 0.335 e. The van der Waals surface area contributed by atoms with Crippen LogP contribution in [0.2, 0.25) is 0 Å². The molecule has 1 aromatic carbocycles. The number of nitrogens with zero attached hydrogens (tertiary/aromatic N) is 1. The highest BCUT2D eigenvalue weighted by Crippen LogP contribution is 2.11. The summed E-state index contributed by atoms with van der Waals surface area (Å²) in [6.45, 7) is 2.67. The third-order valence-electron chi connectivity index (χ3n) is 1.88. The fourth-order valence-corrected chi connectivity index (χ4v) is 1.44. The van der Waals surface area contributed by atoms with Crippen molar-refractivity contribution in [1.82, 2.24) is 4.90 Å². The molecule has 0 aliphatic carbocycles. The summed E-state index contributed by atoms with van der Waals surface area (Å²) in [5.74, 6) is -0.867. The second-order valence-electron chi connectivity index (χ2n) is 3.75. The molecule has 0 amide bonds. The lowest BCUT2D eigenvalue weighted by molar-refractivity contribution is 0.0696. The maximum atomic E-state index is 10.8. The zero-order valence-electron chi connectivity index (χ0n) is 8.74. The van der Waals surface area contributed by atoms with E-state index in [1.807, 2.05) is 32.0 Å². The Balaban J connectivity index is 3.01. The van der Waals surface area contributed by atoms with Crippen LogP contribution in [0.15, 0.2) is 18.2 Å². The molecular weight excluding hydrogens is 178 g/mol. The molecule has 1 N–H and O–H groups in total. The van der Waals surface area contributed by atoms with Crippen molar-refractivity contribution in [3.05, 3.63) is 34.9 Å². The van der Waals surface area contributed by atoms with Crippen LogP contribution in [-0.2, 0) is 6.54 Å². The fraction of sp³-hybridized carbons (Fsp3) is 0.364. The van der Waals surface area contributed by atoms with Crippen LogP contribution in [0.1, 0.15) is 21.5 Å². The van der Waals surface area contributed by atoms with Gasteiger partial charge in [-0.3, -0.25) is 0 Å². The van der Waals surface area contributed by atoms with Crippen molar-refractivity contribution in [2.24, 2.45) is 0 Å². The molecule has 0 fully saturated rings. The summed E-state index contributed by atoms with van der Waals surface area (Å²) in [5, 5.41) is 8.85. The summed E-state index contributed by atoms with van der Waals surface area (Å²) < 4.78 is 0. The van der Waals surface area contributed by atoms with E-state index in [9.17, 15) is 4.79 Å². The lowest BCUT2D eigenvalue weighted by Crippen LogP contribution is -2.11. The first-order chi connectivity index (χ1) is 6.49. The second kappa shape index (κ2) is 4.24. The van der Waals surface area contributed by atoms with Crippen LogP contribution in [0.5, 0.6) is 0 Å². The molecule has 76 valence electrons. The third-order valence-corrected chi connectivity index (χ3v) is 1.88. The SMILES string of the molecule is Cc1cc(CN(C)C)cc(C(=O)O)c1. The van der Waals surface area contributed by atoms with Gasteiger partial charge in [-0.25, -0.2) is 4.79 Å². The molecule has 0 saturated carbocycles. The third kappa shape index (κ3) is 2.85. The molecule has 3 nitrogen and oxygen atoms in total. The van der Waals surface area contributed by atoms with Crippen LogP contribution in [0, 0.1) is 6.92 Å². The van der Waals surface area contributed by atoms with Crippen molar-refractivity contribution in [3.63, 3.8) is 0 Å². The number of benzene rings is 1. The van der Waals surface area contributed by atoms with Crippen LogP contribution < -0.4 is 0 Å². The predicted octanol–water partition coefficient (Wildman–Crippen LogP) is 1.75. The average molecular weight is 193 g/mol. The largest absolute Gasteiger partial charge is 0.478 e. The van der Waals surface area contributed by atoms with Crippen LogP contribution in [0.3, 0.4) is 0 Å². The van der Waals surface area contributed by atoms with E-state index in [1.165, 1.54) is 0 Å². The zero-order valence-corrected chi connectivity index (χ0v) is 8.74. The Kier molecular flexibility index (Phi) is 3.25. The molecule has 0 heterocycles. The highest BCUT2D eigenvalue weighted by Gasteiger charge is 2.05. The van der Waals surface area contributed by atoms with Gasteiger partial charge in [0, 0.05) is 6.54 Å². The summed E-state index contributed by atoms with van der Waals surface area (Å²) in [4.78, 5) is 12.8. The number of carbonyl (C=O) groups is 1. The van der Waals surface area contributed by atoms with Gasteiger partial charge in [-0.15, -0.1) is 0 Å². The van der Waals surface area contributed by atoms with Crippen molar-refractivity contribution in [3.8, 4) is 0 Å². The van der Waals surface area contributed by atoms with Gasteiger partial charge in [0.25, 0.3) is 0 Å². The highest BCUT2D eigenvalue weighted by atomic mass is 16.4. The number of aryl methyl sites for hydroxylation is 1. The normalized spacial score (nSPS) is 10.6. The molecule has 0 bridgehead atoms. The standard InChI is InChI=1S/C11H15NO2/c1-8-4-9(7-12(2)3)6-10(5-8)11(13)14/h4-6H,7H2,1-3H3,(H,13,14). The molecule has 0 aromatic heterocycles.